The second kappa shape index (κ2) is 11.2. The van der Waals surface area contributed by atoms with Gasteiger partial charge in [-0.15, -0.1) is 5.10 Å². The van der Waals surface area contributed by atoms with Gasteiger partial charge in [-0.3, -0.25) is 14.4 Å². The van der Waals surface area contributed by atoms with E-state index in [-0.39, 0.29) is 37.4 Å². The number of aliphatic hydroxyl groups is 1. The van der Waals surface area contributed by atoms with Crippen molar-refractivity contribution >= 4 is 5.91 Å². The molecule has 0 unspecified atom stereocenters. The highest BCUT2D eigenvalue weighted by atomic mass is 16.7. The van der Waals surface area contributed by atoms with E-state index in [9.17, 15) is 9.90 Å². The number of likely N-dealkylation sites (N-methyl/N-ethyl adjacent to an activating group) is 1. The summed E-state index contributed by atoms with van der Waals surface area (Å²) in [6.07, 6.45) is 2.81. The minimum absolute atomic E-state index is 0.0421. The zero-order valence-corrected chi connectivity index (χ0v) is 20.2. The first kappa shape index (κ1) is 24.4. The molecule has 186 valence electrons. The highest BCUT2D eigenvalue weighted by Gasteiger charge is 2.28. The zero-order valence-electron chi connectivity index (χ0n) is 20.2. The number of aliphatic hydroxyl groups excluding tert-OH is 1. The molecule has 3 atom stereocenters. The highest BCUT2D eigenvalue weighted by molar-refractivity contribution is 5.76. The van der Waals surface area contributed by atoms with E-state index in [1.807, 2.05) is 31.3 Å². The number of amides is 1. The molecule has 2 aliphatic heterocycles. The van der Waals surface area contributed by atoms with Crippen molar-refractivity contribution < 1.29 is 24.1 Å². The molecular weight excluding hydrogens is 438 g/mol. The fraction of sp³-hybridized carbons (Fsp3) is 0.625. The van der Waals surface area contributed by atoms with Crippen LogP contribution in [0.2, 0.25) is 0 Å². The number of hydrogen-bond donors (Lipinski definition) is 1. The third kappa shape index (κ3) is 6.05. The van der Waals surface area contributed by atoms with E-state index in [1.165, 1.54) is 0 Å². The van der Waals surface area contributed by atoms with Crippen LogP contribution in [0.5, 0.6) is 11.5 Å². The lowest BCUT2D eigenvalue weighted by molar-refractivity contribution is -0.136. The van der Waals surface area contributed by atoms with Crippen LogP contribution < -0.4 is 9.47 Å². The maximum absolute atomic E-state index is 13.0. The van der Waals surface area contributed by atoms with Gasteiger partial charge in [-0.25, -0.2) is 0 Å². The highest BCUT2D eigenvalue weighted by Crippen LogP contribution is 2.32. The molecule has 2 aromatic rings. The monoisotopic (exact) mass is 473 g/mol. The van der Waals surface area contributed by atoms with Crippen LogP contribution in [0.25, 0.3) is 0 Å². The molecule has 3 heterocycles. The summed E-state index contributed by atoms with van der Waals surface area (Å²) in [6.45, 7) is 7.05. The number of nitrogens with zero attached hydrogens (tertiary/aromatic N) is 5. The van der Waals surface area contributed by atoms with Gasteiger partial charge in [-0.1, -0.05) is 18.2 Å². The summed E-state index contributed by atoms with van der Waals surface area (Å²) in [5, 5.41) is 18.1. The number of carbonyl (C=O) groups excluding carboxylic acids is 1. The summed E-state index contributed by atoms with van der Waals surface area (Å²) in [4.78, 5) is 17.0. The molecule has 0 radical (unpaired) electrons. The fourth-order valence-electron chi connectivity index (χ4n) is 4.42. The molecule has 0 saturated heterocycles. The van der Waals surface area contributed by atoms with E-state index in [2.05, 4.69) is 29.2 Å². The molecule has 1 aromatic heterocycles. The number of carbonyl (C=O) groups is 1. The molecule has 2 bridgehead atoms. The van der Waals surface area contributed by atoms with Crippen LogP contribution in [-0.2, 0) is 29.2 Å². The van der Waals surface area contributed by atoms with Crippen molar-refractivity contribution in [2.45, 2.75) is 58.5 Å². The lowest BCUT2D eigenvalue weighted by Crippen LogP contribution is -2.47. The van der Waals surface area contributed by atoms with Crippen LogP contribution in [0.15, 0.2) is 24.4 Å². The maximum atomic E-state index is 13.0. The second-order valence-corrected chi connectivity index (χ2v) is 9.37. The van der Waals surface area contributed by atoms with Crippen LogP contribution in [0, 0.1) is 5.92 Å². The number of ether oxygens (including phenoxy) is 3. The Hall–Kier alpha value is -2.69. The lowest BCUT2D eigenvalue weighted by Gasteiger charge is -2.35. The topological polar surface area (TPSA) is 102 Å². The van der Waals surface area contributed by atoms with E-state index < -0.39 is 0 Å². The van der Waals surface area contributed by atoms with E-state index >= 15 is 0 Å². The molecule has 10 heteroatoms. The van der Waals surface area contributed by atoms with Crippen molar-refractivity contribution in [3.8, 4) is 11.5 Å². The molecule has 10 nitrogen and oxygen atoms in total. The minimum Gasteiger partial charge on any atom is -0.454 e. The molecule has 0 spiro atoms. The Morgan fingerprint density at radius 2 is 2.12 bits per heavy atom. The predicted molar refractivity (Wildman–Crippen MR) is 124 cm³/mol. The Balaban J connectivity index is 1.48. The molecule has 1 N–H and O–H groups in total. The van der Waals surface area contributed by atoms with Crippen LogP contribution in [-0.4, -0.2) is 81.5 Å². The Bertz CT molecular complexity index is 967. The van der Waals surface area contributed by atoms with Crippen molar-refractivity contribution in [1.29, 1.82) is 0 Å². The first-order valence-electron chi connectivity index (χ1n) is 11.9. The first-order chi connectivity index (χ1) is 16.4. The summed E-state index contributed by atoms with van der Waals surface area (Å²) in [5.41, 5.74) is 1.90. The van der Waals surface area contributed by atoms with Crippen LogP contribution in [0.1, 0.15) is 37.9 Å². The van der Waals surface area contributed by atoms with Crippen molar-refractivity contribution in [3.63, 3.8) is 0 Å². The average Bonchev–Trinajstić information content (AvgIpc) is 3.48. The van der Waals surface area contributed by atoms with Gasteiger partial charge >= 0.3 is 0 Å². The Morgan fingerprint density at radius 3 is 2.94 bits per heavy atom. The molecule has 0 aliphatic carbocycles. The van der Waals surface area contributed by atoms with Crippen LogP contribution >= 0.6 is 0 Å². The Kier molecular flexibility index (Phi) is 8.02. The number of aryl methyl sites for hydroxylation is 1. The third-order valence-electron chi connectivity index (χ3n) is 6.43. The van der Waals surface area contributed by atoms with Gasteiger partial charge in [-0.05, 0) is 38.1 Å². The quantitative estimate of drug-likeness (QED) is 0.676. The summed E-state index contributed by atoms with van der Waals surface area (Å²) < 4.78 is 19.0. The first-order valence-corrected chi connectivity index (χ1v) is 11.9. The van der Waals surface area contributed by atoms with Gasteiger partial charge in [0, 0.05) is 38.5 Å². The molecule has 1 amide bonds. The van der Waals surface area contributed by atoms with Gasteiger partial charge in [0.25, 0.3) is 0 Å². The van der Waals surface area contributed by atoms with E-state index in [0.717, 1.165) is 29.3 Å². The van der Waals surface area contributed by atoms with Crippen molar-refractivity contribution in [3.05, 3.63) is 35.7 Å². The second-order valence-electron chi connectivity index (χ2n) is 9.37. The standard InChI is InChI=1S/C24H35N5O5/c1-17-10-29(18(2)14-30)24(31)5-4-8-28-12-20(25-26-28)15-32-23(17)13-27(3)11-19-6-7-21-22(9-19)34-16-33-21/h6-7,9,12,17-18,23,30H,4-5,8,10-11,13-16H2,1-3H3/t17-,18+,23+/m0/s1. The van der Waals surface area contributed by atoms with Gasteiger partial charge < -0.3 is 24.2 Å². The molecule has 0 saturated carbocycles. The summed E-state index contributed by atoms with van der Waals surface area (Å²) in [5.74, 6) is 1.63. The number of hydrogen-bond acceptors (Lipinski definition) is 8. The molecule has 2 aliphatic rings. The Morgan fingerprint density at radius 1 is 1.29 bits per heavy atom. The van der Waals surface area contributed by atoms with Gasteiger partial charge in [0.2, 0.25) is 12.7 Å². The number of fused-ring (bicyclic) bond motifs is 3. The Labute approximate surface area is 200 Å². The summed E-state index contributed by atoms with van der Waals surface area (Å²) in [7, 11) is 2.05. The van der Waals surface area contributed by atoms with E-state index in [4.69, 9.17) is 14.2 Å². The van der Waals surface area contributed by atoms with Crippen LogP contribution in [0.4, 0.5) is 0 Å². The predicted octanol–water partition coefficient (Wildman–Crippen LogP) is 1.66. The van der Waals surface area contributed by atoms with Gasteiger partial charge in [-0.2, -0.15) is 0 Å². The molecule has 34 heavy (non-hydrogen) atoms. The molecular formula is C24H35N5O5. The zero-order chi connectivity index (χ0) is 24.1. The van der Waals surface area contributed by atoms with E-state index in [1.54, 1.807) is 9.58 Å². The van der Waals surface area contributed by atoms with Gasteiger partial charge in [0.15, 0.2) is 11.5 Å². The van der Waals surface area contributed by atoms with Gasteiger partial charge in [0.1, 0.15) is 5.69 Å². The number of rotatable bonds is 6. The van der Waals surface area contributed by atoms with Crippen molar-refractivity contribution in [2.75, 3.05) is 33.5 Å². The lowest BCUT2D eigenvalue weighted by atomic mass is 10.0. The third-order valence-corrected chi connectivity index (χ3v) is 6.43. The van der Waals surface area contributed by atoms with Crippen molar-refractivity contribution in [1.82, 2.24) is 24.8 Å². The summed E-state index contributed by atoms with van der Waals surface area (Å²) >= 11 is 0. The average molecular weight is 474 g/mol. The molecule has 1 aromatic carbocycles. The van der Waals surface area contributed by atoms with Gasteiger partial charge in [0.05, 0.1) is 31.6 Å². The largest absolute Gasteiger partial charge is 0.454 e. The molecule has 0 fully saturated rings. The molecule has 4 rings (SSSR count). The fourth-order valence-corrected chi connectivity index (χ4v) is 4.42. The van der Waals surface area contributed by atoms with Crippen LogP contribution in [0.3, 0.4) is 0 Å². The SMILES string of the molecule is C[C@H](CO)N1C[C@H](C)[C@@H](CN(C)Cc2ccc3c(c2)OCO3)OCc2cn(nn2)CCCC1=O. The number of benzene rings is 1. The summed E-state index contributed by atoms with van der Waals surface area (Å²) in [6, 6.07) is 5.74. The smallest absolute Gasteiger partial charge is 0.231 e. The van der Waals surface area contributed by atoms with E-state index in [0.29, 0.717) is 39.1 Å². The maximum Gasteiger partial charge on any atom is 0.231 e. The minimum atomic E-state index is -0.246. The normalized spacial score (nSPS) is 22.3. The number of aromatic nitrogens is 3. The van der Waals surface area contributed by atoms with Crippen molar-refractivity contribution in [2.24, 2.45) is 5.92 Å².